The van der Waals surface area contributed by atoms with E-state index in [1.165, 1.54) is 11.1 Å². The molecule has 1 fully saturated rings. The Labute approximate surface area is 159 Å². The summed E-state index contributed by atoms with van der Waals surface area (Å²) in [7, 11) is 4.30. The third-order valence-electron chi connectivity index (χ3n) is 5.49. The van der Waals surface area contributed by atoms with Crippen molar-refractivity contribution in [3.63, 3.8) is 0 Å². The predicted octanol–water partition coefficient (Wildman–Crippen LogP) is 2.98. The Morgan fingerprint density at radius 2 is 1.85 bits per heavy atom. The topological polar surface area (TPSA) is 48.9 Å². The van der Waals surface area contributed by atoms with Crippen LogP contribution in [0.25, 0.3) is 0 Å². The molecule has 2 N–H and O–H groups in total. The molecule has 0 bridgehead atoms. The highest BCUT2D eigenvalue weighted by Gasteiger charge is 2.34. The first-order valence-corrected chi connectivity index (χ1v) is 9.89. The van der Waals surface area contributed by atoms with Crippen molar-refractivity contribution in [3.8, 4) is 0 Å². The van der Waals surface area contributed by atoms with Gasteiger partial charge < -0.3 is 20.3 Å². The average molecular weight is 361 g/mol. The molecule has 5 nitrogen and oxygen atoms in total. The highest BCUT2D eigenvalue weighted by atomic mass is 16.5. The number of hydrogen-bond acceptors (Lipinski definition) is 3. The molecule has 1 aliphatic rings. The van der Waals surface area contributed by atoms with Gasteiger partial charge in [0.05, 0.1) is 12.6 Å². The van der Waals surface area contributed by atoms with Gasteiger partial charge in [0.2, 0.25) is 0 Å². The molecule has 0 radical (unpaired) electrons. The minimum absolute atomic E-state index is 0.0899. The third-order valence-corrected chi connectivity index (χ3v) is 5.49. The first-order chi connectivity index (χ1) is 12.5. The summed E-state index contributed by atoms with van der Waals surface area (Å²) in [4.78, 5) is 7.24. The minimum atomic E-state index is 0.0899. The maximum absolute atomic E-state index is 5.56. The molecule has 1 unspecified atom stereocenters. The quantitative estimate of drug-likeness (QED) is 0.580. The second-order valence-corrected chi connectivity index (χ2v) is 7.39. The van der Waals surface area contributed by atoms with Gasteiger partial charge in [0, 0.05) is 25.3 Å². The molecule has 0 aromatic heterocycles. The summed E-state index contributed by atoms with van der Waals surface area (Å²) >= 11 is 0. The zero-order valence-electron chi connectivity index (χ0n) is 17.1. The SMILES string of the molecule is CCNC(=NCC1(N(C)C)CCOCC1)NC(C)c1ccc(CC)cc1. The molecule has 1 atom stereocenters. The number of guanidine groups is 1. The minimum Gasteiger partial charge on any atom is -0.381 e. The van der Waals surface area contributed by atoms with Crippen LogP contribution in [0.2, 0.25) is 0 Å². The molecule has 0 saturated carbocycles. The van der Waals surface area contributed by atoms with E-state index in [1.54, 1.807) is 0 Å². The van der Waals surface area contributed by atoms with Crippen molar-refractivity contribution in [2.24, 2.45) is 4.99 Å². The Balaban J connectivity index is 2.07. The van der Waals surface area contributed by atoms with Crippen LogP contribution in [0.3, 0.4) is 0 Å². The molecule has 26 heavy (non-hydrogen) atoms. The number of aryl methyl sites for hydroxylation is 1. The lowest BCUT2D eigenvalue weighted by atomic mass is 9.89. The lowest BCUT2D eigenvalue weighted by molar-refractivity contribution is -0.00255. The van der Waals surface area contributed by atoms with Crippen molar-refractivity contribution in [3.05, 3.63) is 35.4 Å². The van der Waals surface area contributed by atoms with E-state index in [2.05, 4.69) is 74.7 Å². The van der Waals surface area contributed by atoms with E-state index in [0.29, 0.717) is 0 Å². The maximum Gasteiger partial charge on any atom is 0.191 e. The number of aliphatic imine (C=N–C) groups is 1. The van der Waals surface area contributed by atoms with Crippen LogP contribution in [-0.4, -0.2) is 56.8 Å². The van der Waals surface area contributed by atoms with Gasteiger partial charge in [-0.3, -0.25) is 4.99 Å². The van der Waals surface area contributed by atoms with E-state index >= 15 is 0 Å². The molecule has 0 aliphatic carbocycles. The Morgan fingerprint density at radius 1 is 1.19 bits per heavy atom. The van der Waals surface area contributed by atoms with Crippen molar-refractivity contribution in [1.29, 1.82) is 0 Å². The van der Waals surface area contributed by atoms with E-state index in [1.807, 2.05) is 0 Å². The second kappa shape index (κ2) is 9.93. The number of hydrogen-bond donors (Lipinski definition) is 2. The van der Waals surface area contributed by atoms with E-state index in [4.69, 9.17) is 9.73 Å². The van der Waals surface area contributed by atoms with Gasteiger partial charge in [-0.05, 0) is 58.3 Å². The summed E-state index contributed by atoms with van der Waals surface area (Å²) in [5.41, 5.74) is 2.74. The first kappa shape index (κ1) is 20.7. The van der Waals surface area contributed by atoms with Crippen molar-refractivity contribution >= 4 is 5.96 Å². The van der Waals surface area contributed by atoms with Crippen molar-refractivity contribution in [2.45, 2.75) is 51.6 Å². The van der Waals surface area contributed by atoms with Crippen LogP contribution in [0.15, 0.2) is 29.3 Å². The van der Waals surface area contributed by atoms with Gasteiger partial charge in [-0.2, -0.15) is 0 Å². The lowest BCUT2D eigenvalue weighted by Crippen LogP contribution is -2.51. The van der Waals surface area contributed by atoms with Crippen LogP contribution in [-0.2, 0) is 11.2 Å². The fourth-order valence-corrected chi connectivity index (χ4v) is 3.37. The lowest BCUT2D eigenvalue weighted by Gasteiger charge is -2.41. The van der Waals surface area contributed by atoms with Gasteiger partial charge in [-0.1, -0.05) is 31.2 Å². The van der Waals surface area contributed by atoms with Crippen molar-refractivity contribution in [2.75, 3.05) is 40.4 Å². The van der Waals surface area contributed by atoms with Gasteiger partial charge in [0.1, 0.15) is 0 Å². The van der Waals surface area contributed by atoms with Crippen molar-refractivity contribution in [1.82, 2.24) is 15.5 Å². The Hall–Kier alpha value is -1.59. The molecule has 0 amide bonds. The van der Waals surface area contributed by atoms with Gasteiger partial charge in [-0.25, -0.2) is 0 Å². The first-order valence-electron chi connectivity index (χ1n) is 9.89. The Bertz CT molecular complexity index is 562. The molecule has 1 aliphatic heterocycles. The second-order valence-electron chi connectivity index (χ2n) is 7.39. The molecule has 1 heterocycles. The molecule has 0 spiro atoms. The highest BCUT2D eigenvalue weighted by Crippen LogP contribution is 2.26. The van der Waals surface area contributed by atoms with Gasteiger partial charge >= 0.3 is 0 Å². The van der Waals surface area contributed by atoms with Gasteiger partial charge in [-0.15, -0.1) is 0 Å². The summed E-state index contributed by atoms with van der Waals surface area (Å²) in [5.74, 6) is 0.882. The van der Waals surface area contributed by atoms with Gasteiger partial charge in [0.15, 0.2) is 5.96 Å². The van der Waals surface area contributed by atoms with E-state index < -0.39 is 0 Å². The molecule has 146 valence electrons. The molecule has 1 aromatic rings. The molecule has 5 heteroatoms. The summed E-state index contributed by atoms with van der Waals surface area (Å²) < 4.78 is 5.56. The number of likely N-dealkylation sites (N-methyl/N-ethyl adjacent to an activating group) is 1. The summed E-state index contributed by atoms with van der Waals surface area (Å²) in [6, 6.07) is 9.05. The highest BCUT2D eigenvalue weighted by molar-refractivity contribution is 5.80. The number of ether oxygens (including phenoxy) is 1. The average Bonchev–Trinajstić information content (AvgIpc) is 2.67. The smallest absolute Gasteiger partial charge is 0.191 e. The molecule has 2 rings (SSSR count). The van der Waals surface area contributed by atoms with Crippen LogP contribution in [0, 0.1) is 0 Å². The van der Waals surface area contributed by atoms with Crippen LogP contribution in [0.5, 0.6) is 0 Å². The van der Waals surface area contributed by atoms with E-state index in [0.717, 1.165) is 51.5 Å². The number of nitrogens with zero attached hydrogens (tertiary/aromatic N) is 2. The summed E-state index contributed by atoms with van der Waals surface area (Å²) in [5, 5.41) is 6.95. The largest absolute Gasteiger partial charge is 0.381 e. The van der Waals surface area contributed by atoms with Crippen LogP contribution < -0.4 is 10.6 Å². The van der Waals surface area contributed by atoms with Crippen LogP contribution in [0.4, 0.5) is 0 Å². The number of rotatable bonds is 7. The van der Waals surface area contributed by atoms with Crippen LogP contribution in [0.1, 0.15) is 50.8 Å². The normalized spacial score (nSPS) is 18.6. The molecular formula is C21H36N4O. The predicted molar refractivity (Wildman–Crippen MR) is 110 cm³/mol. The Morgan fingerprint density at radius 3 is 2.38 bits per heavy atom. The molecular weight excluding hydrogens is 324 g/mol. The van der Waals surface area contributed by atoms with Crippen molar-refractivity contribution < 1.29 is 4.74 Å². The van der Waals surface area contributed by atoms with E-state index in [-0.39, 0.29) is 11.6 Å². The van der Waals surface area contributed by atoms with Crippen LogP contribution >= 0.6 is 0 Å². The molecule has 1 aromatic carbocycles. The fourth-order valence-electron chi connectivity index (χ4n) is 3.37. The summed E-state index contributed by atoms with van der Waals surface area (Å²) in [6.45, 7) is 9.74. The van der Waals surface area contributed by atoms with E-state index in [9.17, 15) is 0 Å². The Kier molecular flexibility index (Phi) is 7.91. The van der Waals surface area contributed by atoms with Gasteiger partial charge in [0.25, 0.3) is 0 Å². The zero-order chi connectivity index (χ0) is 19.0. The zero-order valence-corrected chi connectivity index (χ0v) is 17.1. The molecule has 1 saturated heterocycles. The maximum atomic E-state index is 5.56. The number of benzene rings is 1. The number of nitrogens with one attached hydrogen (secondary N) is 2. The standard InChI is InChI=1S/C21H36N4O/c1-6-18-8-10-19(11-9-18)17(3)24-20(22-7-2)23-16-21(25(4)5)12-14-26-15-13-21/h8-11,17H,6-7,12-16H2,1-5H3,(H2,22,23,24). The summed E-state index contributed by atoms with van der Waals surface area (Å²) in [6.07, 6.45) is 3.12. The third kappa shape index (κ3) is 5.45. The fraction of sp³-hybridized carbons (Fsp3) is 0.667. The monoisotopic (exact) mass is 360 g/mol.